The van der Waals surface area contributed by atoms with Crippen LogP contribution in [0, 0.1) is 22.7 Å². The first-order valence-electron chi connectivity index (χ1n) is 19.9. The second-order valence-electron chi connectivity index (χ2n) is 15.8. The van der Waals surface area contributed by atoms with E-state index in [-0.39, 0.29) is 22.8 Å². The van der Waals surface area contributed by atoms with Crippen LogP contribution in [-0.2, 0) is 5.41 Å². The number of halogens is 1. The van der Waals surface area contributed by atoms with Crippen molar-refractivity contribution in [3.63, 3.8) is 0 Å². The minimum atomic E-state index is -0.753. The smallest absolute Gasteiger partial charge is 0.257 e. The minimum Gasteiger partial charge on any atom is -0.456 e. The highest BCUT2D eigenvalue weighted by Crippen LogP contribution is 2.45. The predicted molar refractivity (Wildman–Crippen MR) is 214 cm³/mol. The Kier molecular flexibility index (Phi) is 13.7. The third-order valence-corrected chi connectivity index (χ3v) is 10.8. The van der Waals surface area contributed by atoms with Crippen LogP contribution in [0.2, 0.25) is 0 Å². The van der Waals surface area contributed by atoms with Gasteiger partial charge in [-0.1, -0.05) is 116 Å². The van der Waals surface area contributed by atoms with E-state index in [1.807, 2.05) is 47.4 Å². The summed E-state index contributed by atoms with van der Waals surface area (Å²) in [5.74, 6) is 1.18. The predicted octanol–water partition coefficient (Wildman–Crippen LogP) is 12.9. The van der Waals surface area contributed by atoms with Crippen LogP contribution in [0.1, 0.15) is 150 Å². The average Bonchev–Trinajstić information content (AvgIpc) is 3.16. The summed E-state index contributed by atoms with van der Waals surface area (Å²) in [5.41, 5.74) is 4.40. The van der Waals surface area contributed by atoms with Crippen molar-refractivity contribution in [2.24, 2.45) is 0 Å². The molecule has 6 heteroatoms. The van der Waals surface area contributed by atoms with Crippen molar-refractivity contribution in [2.45, 2.75) is 129 Å². The number of amides is 1. The minimum absolute atomic E-state index is 0.0368. The third kappa shape index (κ3) is 9.66. The van der Waals surface area contributed by atoms with Crippen LogP contribution in [0.25, 0.3) is 21.9 Å². The number of hydrogen-bond acceptors (Lipinski definition) is 4. The normalized spacial score (nSPS) is 15.8. The number of nitriles is 2. The lowest BCUT2D eigenvalue weighted by atomic mass is 9.81. The Morgan fingerprint density at radius 2 is 1.49 bits per heavy atom. The van der Waals surface area contributed by atoms with Crippen LogP contribution >= 0.6 is 0 Å². The molecule has 0 spiro atoms. The first-order valence-corrected chi connectivity index (χ1v) is 19.9. The molecule has 4 aromatic rings. The van der Waals surface area contributed by atoms with Crippen molar-refractivity contribution >= 4 is 16.7 Å². The van der Waals surface area contributed by atoms with Gasteiger partial charge >= 0.3 is 0 Å². The first-order chi connectivity index (χ1) is 25.6. The van der Waals surface area contributed by atoms with Gasteiger partial charge in [-0.15, -0.1) is 0 Å². The van der Waals surface area contributed by atoms with Crippen molar-refractivity contribution in [3.05, 3.63) is 94.5 Å². The maximum Gasteiger partial charge on any atom is 0.257 e. The number of ether oxygens (including phenoxy) is 1. The van der Waals surface area contributed by atoms with Gasteiger partial charge in [0.1, 0.15) is 29.8 Å². The number of alkyl halides is 1. The maximum atomic E-state index is 14.4. The number of carbonyl (C=O) groups excluding carboxylic acids is 1. The van der Waals surface area contributed by atoms with Gasteiger partial charge in [-0.25, -0.2) is 4.39 Å². The quantitative estimate of drug-likeness (QED) is 0.115. The maximum absolute atomic E-state index is 14.4. The van der Waals surface area contributed by atoms with E-state index in [0.717, 1.165) is 91.7 Å². The Balaban J connectivity index is 1.66. The van der Waals surface area contributed by atoms with Crippen molar-refractivity contribution in [1.82, 2.24) is 4.90 Å². The molecule has 0 unspecified atom stereocenters. The van der Waals surface area contributed by atoms with E-state index < -0.39 is 6.17 Å². The summed E-state index contributed by atoms with van der Waals surface area (Å²) in [6, 6.07) is 26.2. The van der Waals surface area contributed by atoms with E-state index >= 15 is 0 Å². The third-order valence-electron chi connectivity index (χ3n) is 10.8. The van der Waals surface area contributed by atoms with E-state index in [1.165, 1.54) is 0 Å². The summed E-state index contributed by atoms with van der Waals surface area (Å²) in [4.78, 5) is 16.4. The van der Waals surface area contributed by atoms with Gasteiger partial charge in [0.2, 0.25) is 0 Å². The van der Waals surface area contributed by atoms with E-state index in [0.29, 0.717) is 54.1 Å². The molecular formula is C47H56FN3O2. The molecule has 0 saturated heterocycles. The number of rotatable bonds is 15. The lowest BCUT2D eigenvalue weighted by Gasteiger charge is -2.26. The van der Waals surface area contributed by atoms with E-state index in [2.05, 4.69) is 65.0 Å². The van der Waals surface area contributed by atoms with E-state index in [1.54, 1.807) is 6.07 Å². The summed E-state index contributed by atoms with van der Waals surface area (Å²) in [5, 5.41) is 22.4. The molecule has 278 valence electrons. The highest BCUT2D eigenvalue weighted by Gasteiger charge is 2.27. The SMILES string of the molecule is CCCCCCN(CCCCCC)C(=O)c1ccccc1Oc1cc(C(C)(C)C)cc2cc(C#N)c(C#N)c(-c3cccc(C4CCC(F)CC4)c3)c12. The summed E-state index contributed by atoms with van der Waals surface area (Å²) < 4.78 is 21.0. The largest absolute Gasteiger partial charge is 0.456 e. The number of unbranched alkanes of at least 4 members (excludes halogenated alkanes) is 6. The Morgan fingerprint density at radius 3 is 2.11 bits per heavy atom. The summed E-state index contributed by atoms with van der Waals surface area (Å²) >= 11 is 0. The number of para-hydroxylation sites is 1. The molecule has 1 saturated carbocycles. The Bertz CT molecular complexity index is 1940. The van der Waals surface area contributed by atoms with Crippen LogP contribution < -0.4 is 4.74 Å². The molecular weight excluding hydrogens is 658 g/mol. The molecule has 0 aliphatic heterocycles. The first kappa shape index (κ1) is 39.5. The van der Waals surface area contributed by atoms with Crippen LogP contribution in [0.15, 0.2) is 66.7 Å². The van der Waals surface area contributed by atoms with Crippen molar-refractivity contribution in [2.75, 3.05) is 13.1 Å². The number of fused-ring (bicyclic) bond motifs is 1. The number of benzene rings is 4. The van der Waals surface area contributed by atoms with Gasteiger partial charge in [0.05, 0.1) is 16.7 Å². The molecule has 5 rings (SSSR count). The summed E-state index contributed by atoms with van der Waals surface area (Å²) in [7, 11) is 0. The van der Waals surface area contributed by atoms with Crippen molar-refractivity contribution in [1.29, 1.82) is 10.5 Å². The zero-order valence-corrected chi connectivity index (χ0v) is 32.4. The fourth-order valence-electron chi connectivity index (χ4n) is 7.64. The molecule has 0 heterocycles. The van der Waals surface area contributed by atoms with Gasteiger partial charge in [0.15, 0.2) is 0 Å². The van der Waals surface area contributed by atoms with E-state index in [4.69, 9.17) is 4.74 Å². The van der Waals surface area contributed by atoms with Gasteiger partial charge in [-0.2, -0.15) is 10.5 Å². The Hall–Kier alpha value is -4.68. The van der Waals surface area contributed by atoms with Crippen LogP contribution in [0.3, 0.4) is 0 Å². The number of carbonyl (C=O) groups is 1. The molecule has 0 atom stereocenters. The number of hydrogen-bond donors (Lipinski definition) is 0. The van der Waals surface area contributed by atoms with Crippen molar-refractivity contribution < 1.29 is 13.9 Å². The van der Waals surface area contributed by atoms with E-state index in [9.17, 15) is 19.7 Å². The molecule has 4 aromatic carbocycles. The zero-order valence-electron chi connectivity index (χ0n) is 32.4. The topological polar surface area (TPSA) is 77.1 Å². The van der Waals surface area contributed by atoms with Crippen molar-refractivity contribution in [3.8, 4) is 34.8 Å². The molecule has 1 fully saturated rings. The lowest BCUT2D eigenvalue weighted by molar-refractivity contribution is 0.0746. The molecule has 0 bridgehead atoms. The van der Waals surface area contributed by atoms with Gasteiger partial charge in [-0.3, -0.25) is 4.79 Å². The molecule has 1 aliphatic rings. The van der Waals surface area contributed by atoms with Crippen LogP contribution in [-0.4, -0.2) is 30.1 Å². The standard InChI is InChI=1S/C47H56FN3O2/c1-6-8-10-14-25-51(26-15-11-9-7-2)46(52)40-19-12-13-20-42(40)53-43-30-38(47(3,4)5)29-36-28-37(31-49)41(32-50)44(45(36)43)35-18-16-17-34(27-35)33-21-23-39(48)24-22-33/h12-13,16-20,27-30,33,39H,6-11,14-15,21-26H2,1-5H3. The Morgan fingerprint density at radius 1 is 0.811 bits per heavy atom. The second-order valence-corrected chi connectivity index (χ2v) is 15.8. The highest BCUT2D eigenvalue weighted by molar-refractivity contribution is 6.05. The lowest BCUT2D eigenvalue weighted by Crippen LogP contribution is -2.33. The fourth-order valence-corrected chi connectivity index (χ4v) is 7.64. The van der Waals surface area contributed by atoms with Gasteiger partial charge in [0.25, 0.3) is 5.91 Å². The molecule has 0 N–H and O–H groups in total. The molecule has 1 aliphatic carbocycles. The van der Waals surface area contributed by atoms with Gasteiger partial charge < -0.3 is 9.64 Å². The molecule has 0 radical (unpaired) electrons. The second kappa shape index (κ2) is 18.4. The van der Waals surface area contributed by atoms with Crippen LogP contribution in [0.4, 0.5) is 4.39 Å². The molecule has 5 nitrogen and oxygen atoms in total. The van der Waals surface area contributed by atoms with Crippen LogP contribution in [0.5, 0.6) is 11.5 Å². The molecule has 53 heavy (non-hydrogen) atoms. The molecule has 0 aromatic heterocycles. The average molecular weight is 714 g/mol. The summed E-state index contributed by atoms with van der Waals surface area (Å²) in [6.07, 6.45) is 10.6. The summed E-state index contributed by atoms with van der Waals surface area (Å²) in [6.45, 7) is 12.2. The Labute approximate surface area is 316 Å². The van der Waals surface area contributed by atoms with Gasteiger partial charge in [-0.05, 0) is 96.2 Å². The zero-order chi connectivity index (χ0) is 38.0. The van der Waals surface area contributed by atoms with Gasteiger partial charge in [0, 0.05) is 24.0 Å². The highest BCUT2D eigenvalue weighted by atomic mass is 19.1. The fraction of sp³-hybridized carbons (Fsp3) is 0.468. The number of nitrogens with zero attached hydrogens (tertiary/aromatic N) is 3. The monoisotopic (exact) mass is 713 g/mol. The molecule has 1 amide bonds.